The molecule has 1 amide bonds. The van der Waals surface area contributed by atoms with Crippen molar-refractivity contribution in [2.75, 3.05) is 0 Å². The van der Waals surface area contributed by atoms with Crippen LogP contribution < -0.4 is 5.32 Å². The molecule has 5 nitrogen and oxygen atoms in total. The number of rotatable bonds is 4. The normalized spacial score (nSPS) is 12.0. The first-order chi connectivity index (χ1) is 12.4. The molecule has 3 aromatic rings. The molecule has 3 rings (SSSR count). The summed E-state index contributed by atoms with van der Waals surface area (Å²) in [7, 11) is 0. The molecule has 0 saturated carbocycles. The van der Waals surface area contributed by atoms with Gasteiger partial charge in [0, 0.05) is 5.02 Å². The summed E-state index contributed by atoms with van der Waals surface area (Å²) in [4.78, 5) is 12.6. The maximum Gasteiger partial charge on any atom is 0.274 e. The predicted octanol–water partition coefficient (Wildman–Crippen LogP) is 4.17. The maximum atomic E-state index is 13.0. The van der Waals surface area contributed by atoms with E-state index in [0.29, 0.717) is 10.7 Å². The summed E-state index contributed by atoms with van der Waals surface area (Å²) >= 11 is 6.17. The number of nitrogens with zero attached hydrogens (tertiary/aromatic N) is 3. The fraction of sp³-hybridized carbons (Fsp3) is 0.211. The van der Waals surface area contributed by atoms with Gasteiger partial charge < -0.3 is 5.32 Å². The van der Waals surface area contributed by atoms with Crippen LogP contribution in [0.15, 0.2) is 42.5 Å². The molecule has 0 radical (unpaired) electrons. The Labute approximate surface area is 155 Å². The van der Waals surface area contributed by atoms with Crippen molar-refractivity contribution in [2.45, 2.75) is 26.8 Å². The molecule has 0 aliphatic rings. The molecule has 0 saturated heterocycles. The molecular formula is C19H18ClFN4O. The molecule has 0 fully saturated rings. The van der Waals surface area contributed by atoms with Crippen molar-refractivity contribution < 1.29 is 9.18 Å². The molecule has 0 bridgehead atoms. The fourth-order valence-corrected chi connectivity index (χ4v) is 2.77. The Morgan fingerprint density at radius 2 is 1.88 bits per heavy atom. The van der Waals surface area contributed by atoms with E-state index >= 15 is 0 Å². The Kier molecular flexibility index (Phi) is 5.04. The quantitative estimate of drug-likeness (QED) is 0.747. The van der Waals surface area contributed by atoms with Crippen LogP contribution in [-0.4, -0.2) is 20.9 Å². The minimum atomic E-state index is -0.344. The predicted molar refractivity (Wildman–Crippen MR) is 98.1 cm³/mol. The van der Waals surface area contributed by atoms with Crippen LogP contribution in [0.5, 0.6) is 0 Å². The smallest absolute Gasteiger partial charge is 0.274 e. The lowest BCUT2D eigenvalue weighted by atomic mass is 10.1. The Balaban J connectivity index is 1.81. The van der Waals surface area contributed by atoms with Crippen LogP contribution in [-0.2, 0) is 0 Å². The number of aryl methyl sites for hydroxylation is 1. The second-order valence-electron chi connectivity index (χ2n) is 6.12. The highest BCUT2D eigenvalue weighted by Crippen LogP contribution is 2.21. The number of halogens is 2. The van der Waals surface area contributed by atoms with E-state index in [1.54, 1.807) is 29.8 Å². The summed E-state index contributed by atoms with van der Waals surface area (Å²) in [6.45, 7) is 5.51. The average molecular weight is 373 g/mol. The van der Waals surface area contributed by atoms with Crippen LogP contribution in [0.3, 0.4) is 0 Å². The van der Waals surface area contributed by atoms with E-state index < -0.39 is 0 Å². The zero-order chi connectivity index (χ0) is 18.8. The Morgan fingerprint density at radius 1 is 1.19 bits per heavy atom. The standard InChI is InChI=1S/C19H18ClFN4O/c1-11-4-9-16(10-17(11)20)25-13(3)18(23-24-25)19(26)22-12(2)14-5-7-15(21)8-6-14/h4-10,12H,1-3H3,(H,22,26)/t12-/m1/s1. The first kappa shape index (κ1) is 18.1. The van der Waals surface area contributed by atoms with Gasteiger partial charge in [0.25, 0.3) is 5.91 Å². The molecule has 7 heteroatoms. The van der Waals surface area contributed by atoms with Gasteiger partial charge in [0.1, 0.15) is 5.82 Å². The van der Waals surface area contributed by atoms with Crippen molar-refractivity contribution in [3.05, 3.63) is 75.8 Å². The van der Waals surface area contributed by atoms with Gasteiger partial charge in [-0.1, -0.05) is 35.0 Å². The number of benzene rings is 2. The number of nitrogens with one attached hydrogen (secondary N) is 1. The largest absolute Gasteiger partial charge is 0.344 e. The van der Waals surface area contributed by atoms with Crippen molar-refractivity contribution in [1.29, 1.82) is 0 Å². The van der Waals surface area contributed by atoms with Crippen molar-refractivity contribution in [3.8, 4) is 5.69 Å². The van der Waals surface area contributed by atoms with Crippen LogP contribution >= 0.6 is 11.6 Å². The van der Waals surface area contributed by atoms with E-state index in [9.17, 15) is 9.18 Å². The Hall–Kier alpha value is -2.73. The molecule has 1 aromatic heterocycles. The number of carbonyl (C=O) groups is 1. The van der Waals surface area contributed by atoms with Crippen LogP contribution in [0.4, 0.5) is 4.39 Å². The van der Waals surface area contributed by atoms with Crippen molar-refractivity contribution in [1.82, 2.24) is 20.3 Å². The van der Waals surface area contributed by atoms with Crippen molar-refractivity contribution >= 4 is 17.5 Å². The molecule has 0 aliphatic carbocycles. The van der Waals surface area contributed by atoms with E-state index in [2.05, 4.69) is 15.6 Å². The highest BCUT2D eigenvalue weighted by molar-refractivity contribution is 6.31. The molecule has 134 valence electrons. The van der Waals surface area contributed by atoms with Crippen molar-refractivity contribution in [3.63, 3.8) is 0 Å². The molecule has 2 aromatic carbocycles. The van der Waals surface area contributed by atoms with Crippen LogP contribution in [0, 0.1) is 19.7 Å². The summed E-state index contributed by atoms with van der Waals surface area (Å²) < 4.78 is 14.6. The van der Waals surface area contributed by atoms with Crippen molar-refractivity contribution in [2.24, 2.45) is 0 Å². The topological polar surface area (TPSA) is 59.8 Å². The molecule has 0 unspecified atom stereocenters. The average Bonchev–Trinajstić information content (AvgIpc) is 2.99. The Morgan fingerprint density at radius 3 is 2.54 bits per heavy atom. The first-order valence-electron chi connectivity index (χ1n) is 8.12. The number of hydrogen-bond donors (Lipinski definition) is 1. The highest BCUT2D eigenvalue weighted by atomic mass is 35.5. The fourth-order valence-electron chi connectivity index (χ4n) is 2.60. The third kappa shape index (κ3) is 3.60. The lowest BCUT2D eigenvalue weighted by molar-refractivity contribution is 0.0934. The summed E-state index contributed by atoms with van der Waals surface area (Å²) in [6.07, 6.45) is 0. The number of aromatic nitrogens is 3. The van der Waals surface area contributed by atoms with Gasteiger partial charge in [0.05, 0.1) is 17.4 Å². The summed E-state index contributed by atoms with van der Waals surface area (Å²) in [5, 5.41) is 11.5. The van der Waals surface area contributed by atoms with Gasteiger partial charge in [0.15, 0.2) is 5.69 Å². The summed E-state index contributed by atoms with van der Waals surface area (Å²) in [5.41, 5.74) is 3.33. The van der Waals surface area contributed by atoms with Gasteiger partial charge >= 0.3 is 0 Å². The minimum absolute atomic E-state index is 0.232. The Bertz CT molecular complexity index is 953. The zero-order valence-corrected chi connectivity index (χ0v) is 15.4. The maximum absolute atomic E-state index is 13.0. The van der Waals surface area contributed by atoms with E-state index in [1.807, 2.05) is 26.0 Å². The number of carbonyl (C=O) groups excluding carboxylic acids is 1. The SMILES string of the molecule is Cc1ccc(-n2nnc(C(=O)N[C@H](C)c3ccc(F)cc3)c2C)cc1Cl. The minimum Gasteiger partial charge on any atom is -0.344 e. The summed E-state index contributed by atoms with van der Waals surface area (Å²) in [6, 6.07) is 11.2. The third-order valence-corrected chi connectivity index (χ3v) is 4.63. The van der Waals surface area contributed by atoms with Gasteiger partial charge in [-0.3, -0.25) is 4.79 Å². The van der Waals surface area contributed by atoms with Gasteiger partial charge in [-0.25, -0.2) is 9.07 Å². The molecule has 0 aliphatic heterocycles. The van der Waals surface area contributed by atoms with Gasteiger partial charge in [-0.05, 0) is 56.2 Å². The lowest BCUT2D eigenvalue weighted by Crippen LogP contribution is -2.27. The van der Waals surface area contributed by atoms with E-state index in [1.165, 1.54) is 12.1 Å². The molecular weight excluding hydrogens is 355 g/mol. The lowest BCUT2D eigenvalue weighted by Gasteiger charge is -2.13. The zero-order valence-electron chi connectivity index (χ0n) is 14.6. The third-order valence-electron chi connectivity index (χ3n) is 4.23. The number of hydrogen-bond acceptors (Lipinski definition) is 3. The highest BCUT2D eigenvalue weighted by Gasteiger charge is 2.19. The van der Waals surface area contributed by atoms with Gasteiger partial charge in [0.2, 0.25) is 0 Å². The second-order valence-corrected chi connectivity index (χ2v) is 6.52. The van der Waals surface area contributed by atoms with Gasteiger partial charge in [-0.15, -0.1) is 5.10 Å². The van der Waals surface area contributed by atoms with Crippen LogP contribution in [0.25, 0.3) is 5.69 Å². The first-order valence-corrected chi connectivity index (χ1v) is 8.49. The van der Waals surface area contributed by atoms with E-state index in [4.69, 9.17) is 11.6 Å². The molecule has 0 spiro atoms. The van der Waals surface area contributed by atoms with E-state index in [0.717, 1.165) is 16.8 Å². The molecule has 26 heavy (non-hydrogen) atoms. The second kappa shape index (κ2) is 7.25. The van der Waals surface area contributed by atoms with Crippen LogP contribution in [0.2, 0.25) is 5.02 Å². The monoisotopic (exact) mass is 372 g/mol. The summed E-state index contributed by atoms with van der Waals surface area (Å²) in [5.74, 6) is -0.661. The molecule has 1 heterocycles. The number of amides is 1. The molecule has 1 atom stereocenters. The van der Waals surface area contributed by atoms with Gasteiger partial charge in [-0.2, -0.15) is 0 Å². The van der Waals surface area contributed by atoms with Crippen LogP contribution in [0.1, 0.15) is 40.3 Å². The molecule has 1 N–H and O–H groups in total. The van der Waals surface area contributed by atoms with E-state index in [-0.39, 0.29) is 23.5 Å².